The third kappa shape index (κ3) is 2.28. The highest BCUT2D eigenvalue weighted by atomic mass is 35.5. The molecule has 0 atom stereocenters. The lowest BCUT2D eigenvalue weighted by molar-refractivity contribution is 1.02. The van der Waals surface area contributed by atoms with E-state index in [0.29, 0.717) is 22.0 Å². The van der Waals surface area contributed by atoms with E-state index in [1.165, 1.54) is 0 Å². The Morgan fingerprint density at radius 2 is 1.90 bits per heavy atom. The normalized spacial score (nSPS) is 10.6. The molecule has 0 saturated heterocycles. The van der Waals surface area contributed by atoms with Gasteiger partial charge in [-0.25, -0.2) is 4.98 Å². The summed E-state index contributed by atoms with van der Waals surface area (Å²) in [7, 11) is 3.70. The summed E-state index contributed by atoms with van der Waals surface area (Å²) in [6.07, 6.45) is 1.66. The van der Waals surface area contributed by atoms with Crippen molar-refractivity contribution in [3.8, 4) is 11.8 Å². The zero-order valence-corrected chi connectivity index (χ0v) is 12.2. The molecule has 0 aliphatic heterocycles. The van der Waals surface area contributed by atoms with E-state index >= 15 is 0 Å². The van der Waals surface area contributed by atoms with Crippen LogP contribution in [0.5, 0.6) is 0 Å². The molecule has 0 N–H and O–H groups in total. The Balaban J connectivity index is 2.28. The standard InChI is InChI=1S/C14H11ClN6/c1-20(2)13-12-14(19-11(7-16)18-13)21(8-17-12)10-5-3-9(15)4-6-10/h3-6,8H,1-2H3. The maximum atomic E-state index is 9.10. The van der Waals surface area contributed by atoms with Crippen LogP contribution in [0.2, 0.25) is 5.02 Å². The Kier molecular flexibility index (Phi) is 3.20. The Labute approximate surface area is 126 Å². The number of halogens is 1. The van der Waals surface area contributed by atoms with Gasteiger partial charge in [0.05, 0.1) is 0 Å². The van der Waals surface area contributed by atoms with E-state index in [9.17, 15) is 0 Å². The summed E-state index contributed by atoms with van der Waals surface area (Å²) >= 11 is 5.91. The monoisotopic (exact) mass is 298 g/mol. The summed E-state index contributed by atoms with van der Waals surface area (Å²) in [5.41, 5.74) is 2.11. The molecule has 0 aliphatic carbocycles. The fourth-order valence-corrected chi connectivity index (χ4v) is 2.16. The highest BCUT2D eigenvalue weighted by molar-refractivity contribution is 6.30. The molecule has 7 heteroatoms. The highest BCUT2D eigenvalue weighted by Gasteiger charge is 2.15. The number of fused-ring (bicyclic) bond motifs is 1. The minimum atomic E-state index is 0.113. The fraction of sp³-hybridized carbons (Fsp3) is 0.143. The lowest BCUT2D eigenvalue weighted by Crippen LogP contribution is -2.13. The molecule has 0 bridgehead atoms. The van der Waals surface area contributed by atoms with Crippen LogP contribution in [-0.2, 0) is 0 Å². The summed E-state index contributed by atoms with van der Waals surface area (Å²) in [5, 5.41) is 9.75. The predicted molar refractivity (Wildman–Crippen MR) is 80.7 cm³/mol. The second kappa shape index (κ2) is 5.04. The van der Waals surface area contributed by atoms with Crippen LogP contribution in [0.15, 0.2) is 30.6 Å². The van der Waals surface area contributed by atoms with Crippen molar-refractivity contribution in [3.63, 3.8) is 0 Å². The third-order valence-corrected chi connectivity index (χ3v) is 3.26. The van der Waals surface area contributed by atoms with Gasteiger partial charge >= 0.3 is 0 Å². The molecule has 104 valence electrons. The van der Waals surface area contributed by atoms with Gasteiger partial charge in [0.1, 0.15) is 12.4 Å². The van der Waals surface area contributed by atoms with Gasteiger partial charge in [0.25, 0.3) is 0 Å². The number of hydrogen-bond acceptors (Lipinski definition) is 5. The fourth-order valence-electron chi connectivity index (χ4n) is 2.04. The molecule has 0 aliphatic rings. The van der Waals surface area contributed by atoms with Gasteiger partial charge in [-0.05, 0) is 24.3 Å². The number of nitrogens with zero attached hydrogens (tertiary/aromatic N) is 6. The average Bonchev–Trinajstić information content (AvgIpc) is 2.90. The van der Waals surface area contributed by atoms with E-state index < -0.39 is 0 Å². The average molecular weight is 299 g/mol. The third-order valence-electron chi connectivity index (χ3n) is 3.01. The molecule has 0 saturated carbocycles. The molecule has 21 heavy (non-hydrogen) atoms. The van der Waals surface area contributed by atoms with Gasteiger partial charge in [-0.3, -0.25) is 4.57 Å². The molecule has 0 spiro atoms. The molecule has 0 radical (unpaired) electrons. The first-order valence-corrected chi connectivity index (χ1v) is 6.56. The Bertz CT molecular complexity index is 844. The molecular weight excluding hydrogens is 288 g/mol. The van der Waals surface area contributed by atoms with E-state index in [0.717, 1.165) is 5.69 Å². The maximum absolute atomic E-state index is 9.10. The Hall–Kier alpha value is -2.65. The van der Waals surface area contributed by atoms with Gasteiger partial charge in [-0.2, -0.15) is 15.2 Å². The molecular formula is C14H11ClN6. The first-order chi connectivity index (χ1) is 10.1. The van der Waals surface area contributed by atoms with E-state index in [4.69, 9.17) is 16.9 Å². The van der Waals surface area contributed by atoms with Crippen molar-refractivity contribution in [2.24, 2.45) is 0 Å². The molecule has 1 aromatic carbocycles. The smallest absolute Gasteiger partial charge is 0.236 e. The van der Waals surface area contributed by atoms with Crippen molar-refractivity contribution in [1.82, 2.24) is 19.5 Å². The van der Waals surface area contributed by atoms with Crippen LogP contribution in [0.25, 0.3) is 16.9 Å². The van der Waals surface area contributed by atoms with Crippen molar-refractivity contribution < 1.29 is 0 Å². The number of hydrogen-bond donors (Lipinski definition) is 0. The molecule has 0 unspecified atom stereocenters. The summed E-state index contributed by atoms with van der Waals surface area (Å²) in [6.45, 7) is 0. The number of rotatable bonds is 2. The van der Waals surface area contributed by atoms with Crippen LogP contribution in [0.1, 0.15) is 5.82 Å². The van der Waals surface area contributed by atoms with Gasteiger partial charge in [-0.15, -0.1) is 0 Å². The number of nitriles is 1. The number of aromatic nitrogens is 4. The van der Waals surface area contributed by atoms with Crippen LogP contribution >= 0.6 is 11.6 Å². The van der Waals surface area contributed by atoms with Crippen LogP contribution in [-0.4, -0.2) is 33.6 Å². The molecule has 3 rings (SSSR count). The van der Waals surface area contributed by atoms with E-state index in [-0.39, 0.29) is 5.82 Å². The summed E-state index contributed by atoms with van der Waals surface area (Å²) in [5.74, 6) is 0.728. The number of imidazole rings is 1. The van der Waals surface area contributed by atoms with Crippen molar-refractivity contribution >= 4 is 28.6 Å². The van der Waals surface area contributed by atoms with E-state index in [1.54, 1.807) is 23.0 Å². The number of anilines is 1. The van der Waals surface area contributed by atoms with Gasteiger partial charge < -0.3 is 4.90 Å². The van der Waals surface area contributed by atoms with Crippen molar-refractivity contribution in [2.45, 2.75) is 0 Å². The van der Waals surface area contributed by atoms with Gasteiger partial charge in [0, 0.05) is 24.8 Å². The van der Waals surface area contributed by atoms with Crippen LogP contribution in [0.4, 0.5) is 5.82 Å². The zero-order valence-electron chi connectivity index (χ0n) is 11.4. The van der Waals surface area contributed by atoms with Crippen LogP contribution < -0.4 is 4.90 Å². The topological polar surface area (TPSA) is 70.6 Å². The first kappa shape index (κ1) is 13.3. The van der Waals surface area contributed by atoms with Crippen LogP contribution in [0, 0.1) is 11.3 Å². The minimum Gasteiger partial charge on any atom is -0.361 e. The molecule has 0 fully saturated rings. The Morgan fingerprint density at radius 3 is 2.52 bits per heavy atom. The van der Waals surface area contributed by atoms with Crippen molar-refractivity contribution in [3.05, 3.63) is 41.4 Å². The molecule has 6 nitrogen and oxygen atoms in total. The van der Waals surface area contributed by atoms with Gasteiger partial charge in [-0.1, -0.05) is 11.6 Å². The van der Waals surface area contributed by atoms with E-state index in [2.05, 4.69) is 15.0 Å². The van der Waals surface area contributed by atoms with E-state index in [1.807, 2.05) is 37.2 Å². The highest BCUT2D eigenvalue weighted by Crippen LogP contribution is 2.24. The SMILES string of the molecule is CN(C)c1nc(C#N)nc2c1ncn2-c1ccc(Cl)cc1. The van der Waals surface area contributed by atoms with Gasteiger partial charge in [0.15, 0.2) is 17.0 Å². The molecule has 0 amide bonds. The summed E-state index contributed by atoms with van der Waals surface area (Å²) in [4.78, 5) is 14.6. The van der Waals surface area contributed by atoms with Crippen molar-refractivity contribution in [1.29, 1.82) is 5.26 Å². The lowest BCUT2D eigenvalue weighted by atomic mass is 10.3. The van der Waals surface area contributed by atoms with Crippen molar-refractivity contribution in [2.75, 3.05) is 19.0 Å². The molecule has 2 aromatic heterocycles. The maximum Gasteiger partial charge on any atom is 0.236 e. The molecule has 2 heterocycles. The Morgan fingerprint density at radius 1 is 1.19 bits per heavy atom. The second-order valence-electron chi connectivity index (χ2n) is 4.64. The molecule has 3 aromatic rings. The zero-order chi connectivity index (χ0) is 15.0. The quantitative estimate of drug-likeness (QED) is 0.726. The van der Waals surface area contributed by atoms with Gasteiger partial charge in [0.2, 0.25) is 5.82 Å². The number of benzene rings is 1. The lowest BCUT2D eigenvalue weighted by Gasteiger charge is -2.11. The minimum absolute atomic E-state index is 0.113. The predicted octanol–water partition coefficient (Wildman–Crippen LogP) is 2.41. The summed E-state index contributed by atoms with van der Waals surface area (Å²) in [6, 6.07) is 9.30. The second-order valence-corrected chi connectivity index (χ2v) is 5.08. The largest absolute Gasteiger partial charge is 0.361 e. The first-order valence-electron chi connectivity index (χ1n) is 6.18. The van der Waals surface area contributed by atoms with Crippen LogP contribution in [0.3, 0.4) is 0 Å². The summed E-state index contributed by atoms with van der Waals surface area (Å²) < 4.78 is 1.81.